The molecule has 0 aliphatic carbocycles. The van der Waals surface area contributed by atoms with Crippen LogP contribution in [0.15, 0.2) is 29.3 Å². The fraction of sp³-hybridized carbons (Fsp3) is 0.650. The summed E-state index contributed by atoms with van der Waals surface area (Å²) in [6.45, 7) is 13.9. The summed E-state index contributed by atoms with van der Waals surface area (Å²) >= 11 is 0. The van der Waals surface area contributed by atoms with E-state index in [2.05, 4.69) is 29.4 Å². The molecule has 0 bridgehead atoms. The van der Waals surface area contributed by atoms with Gasteiger partial charge >= 0.3 is 0 Å². The maximum absolute atomic E-state index is 10.4. The van der Waals surface area contributed by atoms with E-state index >= 15 is 0 Å². The fourth-order valence-electron chi connectivity index (χ4n) is 2.98. The number of aliphatic imine (C=N–C) groups is 1. The summed E-state index contributed by atoms with van der Waals surface area (Å²) < 4.78 is 5.44. The van der Waals surface area contributed by atoms with Crippen LogP contribution in [0.5, 0.6) is 0 Å². The lowest BCUT2D eigenvalue weighted by Crippen LogP contribution is -2.52. The van der Waals surface area contributed by atoms with Crippen molar-refractivity contribution in [2.45, 2.75) is 39.3 Å². The normalized spacial score (nSPS) is 17.1. The highest BCUT2D eigenvalue weighted by molar-refractivity contribution is 14.0. The Balaban J connectivity index is 0.00000364. The molecule has 0 aromatic heterocycles. The molecule has 1 unspecified atom stereocenters. The minimum atomic E-state index is -0.563. The summed E-state index contributed by atoms with van der Waals surface area (Å²) in [5.41, 5.74) is 2.07. The fourth-order valence-corrected chi connectivity index (χ4v) is 2.98. The number of nitrogens with one attached hydrogen (secondary N) is 2. The van der Waals surface area contributed by atoms with E-state index in [4.69, 9.17) is 9.73 Å². The number of guanidine groups is 1. The maximum Gasteiger partial charge on any atom is 0.191 e. The molecule has 1 heterocycles. The highest BCUT2D eigenvalue weighted by Gasteiger charge is 2.28. The molecule has 3 N–H and O–H groups in total. The van der Waals surface area contributed by atoms with E-state index in [1.807, 2.05) is 38.1 Å². The van der Waals surface area contributed by atoms with Crippen molar-refractivity contribution in [3.05, 3.63) is 35.4 Å². The van der Waals surface area contributed by atoms with Gasteiger partial charge in [0.1, 0.15) is 0 Å². The van der Waals surface area contributed by atoms with Crippen molar-refractivity contribution in [3.63, 3.8) is 0 Å². The minimum Gasteiger partial charge on any atom is -0.387 e. The first kappa shape index (κ1) is 24.1. The molecule has 27 heavy (non-hydrogen) atoms. The zero-order chi connectivity index (χ0) is 19.0. The van der Waals surface area contributed by atoms with Gasteiger partial charge in [0.25, 0.3) is 0 Å². The van der Waals surface area contributed by atoms with Gasteiger partial charge in [-0.1, -0.05) is 29.8 Å². The Hall–Kier alpha value is -0.900. The van der Waals surface area contributed by atoms with Crippen LogP contribution in [0.3, 0.4) is 0 Å². The number of hydrogen-bond donors (Lipinski definition) is 3. The van der Waals surface area contributed by atoms with Gasteiger partial charge in [0, 0.05) is 31.7 Å². The molecule has 1 aromatic rings. The van der Waals surface area contributed by atoms with Crippen LogP contribution >= 0.6 is 24.0 Å². The number of aliphatic hydroxyl groups is 1. The van der Waals surface area contributed by atoms with Crippen molar-refractivity contribution in [2.24, 2.45) is 4.99 Å². The average Bonchev–Trinajstić information content (AvgIpc) is 2.65. The quantitative estimate of drug-likeness (QED) is 0.311. The lowest BCUT2D eigenvalue weighted by Gasteiger charge is -2.39. The largest absolute Gasteiger partial charge is 0.387 e. The third-order valence-electron chi connectivity index (χ3n) is 4.76. The first-order valence-electron chi connectivity index (χ1n) is 9.52. The Kier molecular flexibility index (Phi) is 10.6. The van der Waals surface area contributed by atoms with Crippen molar-refractivity contribution in [1.82, 2.24) is 15.5 Å². The third kappa shape index (κ3) is 7.93. The number of ether oxygens (including phenoxy) is 1. The van der Waals surface area contributed by atoms with E-state index < -0.39 is 6.10 Å². The first-order valence-corrected chi connectivity index (χ1v) is 9.52. The summed E-state index contributed by atoms with van der Waals surface area (Å²) in [5, 5.41) is 16.9. The van der Waals surface area contributed by atoms with Crippen LogP contribution in [0, 0.1) is 6.92 Å². The molecule has 0 spiro atoms. The molecule has 154 valence electrons. The Bertz CT molecular complexity index is 572. The van der Waals surface area contributed by atoms with Crippen molar-refractivity contribution >= 4 is 29.9 Å². The number of aryl methyl sites for hydroxylation is 1. The summed E-state index contributed by atoms with van der Waals surface area (Å²) in [7, 11) is 0. The Morgan fingerprint density at radius 1 is 1.22 bits per heavy atom. The molecule has 7 heteroatoms. The number of nitrogens with zero attached hydrogens (tertiary/aromatic N) is 2. The van der Waals surface area contributed by atoms with Gasteiger partial charge in [0.05, 0.1) is 25.9 Å². The van der Waals surface area contributed by atoms with Crippen LogP contribution < -0.4 is 10.6 Å². The van der Waals surface area contributed by atoms with Crippen LogP contribution in [-0.2, 0) is 4.74 Å². The average molecular weight is 490 g/mol. The standard InChI is InChI=1S/C20H34N4O2.HI/c1-5-21-19(22-14-18(25)17-8-6-16(2)7-9-17)23-15-20(3,4)24-10-12-26-13-11-24;/h6-9,18,25H,5,10-15H2,1-4H3,(H2,21,22,23);1H. The molecule has 1 aliphatic rings. The SMILES string of the molecule is CCNC(=NCC(C)(C)N1CCOCC1)NCC(O)c1ccc(C)cc1.I. The van der Waals surface area contributed by atoms with Gasteiger partial charge in [0.15, 0.2) is 5.96 Å². The Morgan fingerprint density at radius 3 is 2.44 bits per heavy atom. The van der Waals surface area contributed by atoms with Crippen molar-refractivity contribution < 1.29 is 9.84 Å². The Labute approximate surface area is 180 Å². The number of halogens is 1. The summed E-state index contributed by atoms with van der Waals surface area (Å²) in [6.07, 6.45) is -0.563. The summed E-state index contributed by atoms with van der Waals surface area (Å²) in [5.74, 6) is 0.736. The van der Waals surface area contributed by atoms with E-state index in [1.165, 1.54) is 5.56 Å². The molecule has 0 amide bonds. The predicted molar refractivity (Wildman–Crippen MR) is 122 cm³/mol. The minimum absolute atomic E-state index is 0. The topological polar surface area (TPSA) is 69.1 Å². The number of benzene rings is 1. The van der Waals surface area contributed by atoms with Gasteiger partial charge in [0.2, 0.25) is 0 Å². The lowest BCUT2D eigenvalue weighted by atomic mass is 10.0. The molecular formula is C20H35IN4O2. The van der Waals surface area contributed by atoms with Gasteiger partial charge in [-0.3, -0.25) is 9.89 Å². The molecule has 0 saturated carbocycles. The monoisotopic (exact) mass is 490 g/mol. The molecule has 1 aliphatic heterocycles. The lowest BCUT2D eigenvalue weighted by molar-refractivity contribution is -0.00684. The number of hydrogen-bond acceptors (Lipinski definition) is 4. The van der Waals surface area contributed by atoms with Gasteiger partial charge in [-0.25, -0.2) is 0 Å². The second kappa shape index (κ2) is 11.8. The smallest absolute Gasteiger partial charge is 0.191 e. The van der Waals surface area contributed by atoms with Crippen LogP contribution in [0.25, 0.3) is 0 Å². The molecule has 1 saturated heterocycles. The third-order valence-corrected chi connectivity index (χ3v) is 4.76. The zero-order valence-corrected chi connectivity index (χ0v) is 19.3. The van der Waals surface area contributed by atoms with Gasteiger partial charge in [-0.2, -0.15) is 0 Å². The molecule has 0 radical (unpaired) electrons. The van der Waals surface area contributed by atoms with Gasteiger partial charge in [-0.05, 0) is 33.3 Å². The second-order valence-corrected chi connectivity index (χ2v) is 7.41. The van der Waals surface area contributed by atoms with Crippen LogP contribution in [0.4, 0.5) is 0 Å². The maximum atomic E-state index is 10.4. The number of rotatable bonds is 7. The summed E-state index contributed by atoms with van der Waals surface area (Å²) in [4.78, 5) is 7.16. The van der Waals surface area contributed by atoms with Crippen LogP contribution in [-0.4, -0.2) is 67.4 Å². The second-order valence-electron chi connectivity index (χ2n) is 7.41. The molecule has 1 fully saturated rings. The van der Waals surface area contributed by atoms with Gasteiger partial charge in [-0.15, -0.1) is 24.0 Å². The van der Waals surface area contributed by atoms with Crippen LogP contribution in [0.2, 0.25) is 0 Å². The van der Waals surface area contributed by atoms with Crippen molar-refractivity contribution in [3.8, 4) is 0 Å². The Morgan fingerprint density at radius 2 is 1.85 bits per heavy atom. The van der Waals surface area contributed by atoms with E-state index in [-0.39, 0.29) is 29.5 Å². The first-order chi connectivity index (χ1) is 12.4. The summed E-state index contributed by atoms with van der Waals surface area (Å²) in [6, 6.07) is 7.96. The molecular weight excluding hydrogens is 455 g/mol. The zero-order valence-electron chi connectivity index (χ0n) is 17.0. The molecule has 6 nitrogen and oxygen atoms in total. The van der Waals surface area contributed by atoms with E-state index in [0.717, 1.165) is 44.4 Å². The molecule has 2 rings (SSSR count). The highest BCUT2D eigenvalue weighted by atomic mass is 127. The van der Waals surface area contributed by atoms with Crippen LogP contribution in [0.1, 0.15) is 38.0 Å². The molecule has 1 atom stereocenters. The van der Waals surface area contributed by atoms with E-state index in [0.29, 0.717) is 13.1 Å². The van der Waals surface area contributed by atoms with Crippen molar-refractivity contribution in [1.29, 1.82) is 0 Å². The van der Waals surface area contributed by atoms with Gasteiger partial charge < -0.3 is 20.5 Å². The highest BCUT2D eigenvalue weighted by Crippen LogP contribution is 2.16. The van der Waals surface area contributed by atoms with E-state index in [9.17, 15) is 5.11 Å². The predicted octanol–water partition coefficient (Wildman–Crippen LogP) is 2.31. The van der Waals surface area contributed by atoms with E-state index in [1.54, 1.807) is 0 Å². The number of aliphatic hydroxyl groups excluding tert-OH is 1. The molecule has 1 aromatic carbocycles. The number of morpholine rings is 1. The van der Waals surface area contributed by atoms with Crippen molar-refractivity contribution in [2.75, 3.05) is 45.9 Å².